The molecule has 1 aromatic carbocycles. The maximum absolute atomic E-state index is 13.3. The smallest absolute Gasteiger partial charge is 0.200 e. The van der Waals surface area contributed by atoms with E-state index in [0.717, 1.165) is 12.1 Å². The normalized spacial score (nSPS) is 15.7. The predicted molar refractivity (Wildman–Crippen MR) is 60.5 cm³/mol. The SMILES string of the molecule is FC(F)(F)C(F)(F)C(F)(F)C(F)(F)CC(Cl)c1ccccc1. The molecule has 1 unspecified atom stereocenters. The van der Waals surface area contributed by atoms with E-state index in [9.17, 15) is 39.5 Å². The number of halogens is 10. The van der Waals surface area contributed by atoms with E-state index >= 15 is 0 Å². The van der Waals surface area contributed by atoms with Gasteiger partial charge < -0.3 is 0 Å². The van der Waals surface area contributed by atoms with E-state index < -0.39 is 35.7 Å². The van der Waals surface area contributed by atoms with Crippen LogP contribution in [-0.2, 0) is 0 Å². The van der Waals surface area contributed by atoms with Crippen LogP contribution in [0.1, 0.15) is 17.4 Å². The van der Waals surface area contributed by atoms with Crippen LogP contribution in [-0.4, -0.2) is 23.9 Å². The molecule has 0 nitrogen and oxygen atoms in total. The first-order valence-electron chi connectivity index (χ1n) is 5.63. The van der Waals surface area contributed by atoms with Crippen molar-refractivity contribution in [2.45, 2.75) is 35.7 Å². The zero-order chi connectivity index (χ0) is 17.4. The highest BCUT2D eigenvalue weighted by Gasteiger charge is 2.81. The summed E-state index contributed by atoms with van der Waals surface area (Å²) in [6.07, 6.45) is -8.91. The van der Waals surface area contributed by atoms with Crippen molar-refractivity contribution in [3.05, 3.63) is 35.9 Å². The van der Waals surface area contributed by atoms with E-state index in [0.29, 0.717) is 0 Å². The van der Waals surface area contributed by atoms with Crippen LogP contribution in [0, 0.1) is 0 Å². The Bertz CT molecular complexity index is 495. The lowest BCUT2D eigenvalue weighted by Gasteiger charge is -2.34. The average Bonchev–Trinajstić information content (AvgIpc) is 2.37. The van der Waals surface area contributed by atoms with E-state index in [1.807, 2.05) is 0 Å². The summed E-state index contributed by atoms with van der Waals surface area (Å²) in [6.45, 7) is 0. The molecule has 0 saturated carbocycles. The third-order valence-electron chi connectivity index (χ3n) is 2.81. The zero-order valence-electron chi connectivity index (χ0n) is 10.5. The fourth-order valence-corrected chi connectivity index (χ4v) is 1.88. The summed E-state index contributed by atoms with van der Waals surface area (Å²) < 4.78 is 114. The Hall–Kier alpha value is -1.12. The van der Waals surface area contributed by atoms with Gasteiger partial charge in [0.05, 0.1) is 5.38 Å². The van der Waals surface area contributed by atoms with Crippen molar-refractivity contribution >= 4 is 11.6 Å². The molecule has 0 heterocycles. The van der Waals surface area contributed by atoms with Crippen LogP contribution in [0.2, 0.25) is 0 Å². The van der Waals surface area contributed by atoms with Gasteiger partial charge >= 0.3 is 23.9 Å². The number of hydrogen-bond donors (Lipinski definition) is 0. The monoisotopic (exact) mass is 358 g/mol. The Labute approximate surface area is 123 Å². The van der Waals surface area contributed by atoms with Gasteiger partial charge in [-0.15, -0.1) is 11.6 Å². The van der Waals surface area contributed by atoms with Crippen LogP contribution in [0.3, 0.4) is 0 Å². The molecular formula is C12H8ClF9. The summed E-state index contributed by atoms with van der Waals surface area (Å²) in [6, 6.07) is 6.36. The van der Waals surface area contributed by atoms with E-state index in [2.05, 4.69) is 0 Å². The second-order valence-electron chi connectivity index (χ2n) is 4.43. The number of hydrogen-bond acceptors (Lipinski definition) is 0. The van der Waals surface area contributed by atoms with E-state index in [-0.39, 0.29) is 5.56 Å². The largest absolute Gasteiger partial charge is 0.460 e. The Morgan fingerprint density at radius 2 is 1.23 bits per heavy atom. The van der Waals surface area contributed by atoms with Gasteiger partial charge in [-0.2, -0.15) is 39.5 Å². The highest BCUT2D eigenvalue weighted by Crippen LogP contribution is 2.55. The summed E-state index contributed by atoms with van der Waals surface area (Å²) >= 11 is 5.42. The molecule has 0 aliphatic rings. The van der Waals surface area contributed by atoms with Gasteiger partial charge in [0.15, 0.2) is 0 Å². The third kappa shape index (κ3) is 3.28. The Morgan fingerprint density at radius 1 is 0.773 bits per heavy atom. The van der Waals surface area contributed by atoms with Crippen LogP contribution in [0.4, 0.5) is 39.5 Å². The lowest BCUT2D eigenvalue weighted by Crippen LogP contribution is -2.61. The van der Waals surface area contributed by atoms with Crippen molar-refractivity contribution in [2.75, 3.05) is 0 Å². The Morgan fingerprint density at radius 3 is 1.64 bits per heavy atom. The van der Waals surface area contributed by atoms with Crippen molar-refractivity contribution in [3.63, 3.8) is 0 Å². The first-order chi connectivity index (χ1) is 9.74. The minimum absolute atomic E-state index is 0.116. The van der Waals surface area contributed by atoms with Gasteiger partial charge in [-0.05, 0) is 5.56 Å². The summed E-state index contributed by atoms with van der Waals surface area (Å²) in [5, 5.41) is -1.87. The molecule has 22 heavy (non-hydrogen) atoms. The Kier molecular flexibility index (Phi) is 5.01. The van der Waals surface area contributed by atoms with E-state index in [4.69, 9.17) is 11.6 Å². The molecule has 126 valence electrons. The first kappa shape index (κ1) is 18.9. The highest BCUT2D eigenvalue weighted by molar-refractivity contribution is 6.20. The molecule has 0 spiro atoms. The second kappa shape index (κ2) is 5.82. The summed E-state index contributed by atoms with van der Waals surface area (Å²) in [4.78, 5) is 0. The standard InChI is InChI=1S/C12H8ClF9/c13-8(7-4-2-1-3-5-7)6-9(14,15)10(16,17)11(18,19)12(20,21)22/h1-5,8H,6H2. The molecular weight excluding hydrogens is 351 g/mol. The molecule has 0 saturated heterocycles. The molecule has 1 aromatic rings. The molecule has 1 atom stereocenters. The van der Waals surface area contributed by atoms with Crippen molar-refractivity contribution in [1.29, 1.82) is 0 Å². The zero-order valence-corrected chi connectivity index (χ0v) is 11.2. The van der Waals surface area contributed by atoms with Crippen molar-refractivity contribution in [1.82, 2.24) is 0 Å². The fourth-order valence-electron chi connectivity index (χ4n) is 1.54. The van der Waals surface area contributed by atoms with Crippen molar-refractivity contribution in [3.8, 4) is 0 Å². The maximum atomic E-state index is 13.3. The minimum Gasteiger partial charge on any atom is -0.200 e. The first-order valence-corrected chi connectivity index (χ1v) is 6.07. The molecule has 0 bridgehead atoms. The Balaban J connectivity index is 3.07. The summed E-state index contributed by atoms with van der Waals surface area (Å²) in [5.41, 5.74) is -0.116. The van der Waals surface area contributed by atoms with Gasteiger partial charge in [-0.25, -0.2) is 0 Å². The molecule has 0 radical (unpaired) electrons. The molecule has 0 aliphatic carbocycles. The van der Waals surface area contributed by atoms with Crippen LogP contribution in [0.25, 0.3) is 0 Å². The maximum Gasteiger partial charge on any atom is 0.460 e. The average molecular weight is 359 g/mol. The molecule has 0 amide bonds. The fraction of sp³-hybridized carbons (Fsp3) is 0.500. The van der Waals surface area contributed by atoms with Crippen LogP contribution in [0.15, 0.2) is 30.3 Å². The third-order valence-corrected chi connectivity index (χ3v) is 3.21. The summed E-state index contributed by atoms with van der Waals surface area (Å²) in [7, 11) is 0. The van der Waals surface area contributed by atoms with Crippen LogP contribution >= 0.6 is 11.6 Å². The molecule has 0 aromatic heterocycles. The van der Waals surface area contributed by atoms with Gasteiger partial charge in [0.25, 0.3) is 0 Å². The van der Waals surface area contributed by atoms with Gasteiger partial charge in [0.1, 0.15) is 0 Å². The lowest BCUT2D eigenvalue weighted by molar-refractivity contribution is -0.396. The second-order valence-corrected chi connectivity index (χ2v) is 4.96. The number of alkyl halides is 10. The molecule has 0 fully saturated rings. The highest BCUT2D eigenvalue weighted by atomic mass is 35.5. The van der Waals surface area contributed by atoms with Crippen molar-refractivity contribution in [2.24, 2.45) is 0 Å². The van der Waals surface area contributed by atoms with E-state index in [1.165, 1.54) is 18.2 Å². The quantitative estimate of drug-likeness (QED) is 0.459. The van der Waals surface area contributed by atoms with Gasteiger partial charge in [0, 0.05) is 6.42 Å². The minimum atomic E-state index is -6.89. The van der Waals surface area contributed by atoms with Crippen LogP contribution < -0.4 is 0 Å². The molecule has 10 heteroatoms. The van der Waals surface area contributed by atoms with E-state index in [1.54, 1.807) is 0 Å². The topological polar surface area (TPSA) is 0 Å². The van der Waals surface area contributed by atoms with Crippen molar-refractivity contribution < 1.29 is 39.5 Å². The van der Waals surface area contributed by atoms with Gasteiger partial charge in [-0.1, -0.05) is 30.3 Å². The summed E-state index contributed by atoms with van der Waals surface area (Å²) in [5.74, 6) is -19.2. The van der Waals surface area contributed by atoms with Crippen LogP contribution in [0.5, 0.6) is 0 Å². The number of benzene rings is 1. The molecule has 0 aliphatic heterocycles. The van der Waals surface area contributed by atoms with Gasteiger partial charge in [-0.3, -0.25) is 0 Å². The number of rotatable bonds is 5. The molecule has 0 N–H and O–H groups in total. The molecule has 1 rings (SSSR count). The lowest BCUT2D eigenvalue weighted by atomic mass is 9.97. The van der Waals surface area contributed by atoms with Gasteiger partial charge in [0.2, 0.25) is 0 Å². The predicted octanol–water partition coefficient (Wildman–Crippen LogP) is 5.82.